The molecule has 5 atom stereocenters. The van der Waals surface area contributed by atoms with Gasteiger partial charge in [-0.05, 0) is 0 Å². The standard InChI is InChI=1S/C42H36IN6/c1-27-16-8-9-19-29(27)37-44-26-36-38(45-37)46(4)39-42(3)41(2,30-20-10-12-22-32(30)48(36)39)43(42)31-21-11-13-23-33(31)49-35-25-15-14-24-34(35)47(40(43)49)28-17-6-5-7-18-28/h5-26,39-40H,1-4H3/q-1. The van der Waals surface area contributed by atoms with E-state index in [-0.39, 0.29) is 17.2 Å². The first-order chi connectivity index (χ1) is 23.9. The van der Waals surface area contributed by atoms with Crippen molar-refractivity contribution in [2.24, 2.45) is 0 Å². The molecule has 6 aromatic rings. The number of rotatable bonds is 2. The van der Waals surface area contributed by atoms with Crippen molar-refractivity contribution in [2.75, 3.05) is 26.6 Å². The third-order valence-electron chi connectivity index (χ3n) is 12.2. The van der Waals surface area contributed by atoms with Gasteiger partial charge in [-0.2, -0.15) is 0 Å². The molecule has 1 saturated heterocycles. The Bertz CT molecular complexity index is 2360. The fraction of sp³-hybridized carbons (Fsp3) is 0.190. The predicted octanol–water partition coefficient (Wildman–Crippen LogP) is 5.98. The van der Waals surface area contributed by atoms with Crippen molar-refractivity contribution in [3.63, 3.8) is 0 Å². The molecule has 0 N–H and O–H groups in total. The Morgan fingerprint density at radius 2 is 1.27 bits per heavy atom. The van der Waals surface area contributed by atoms with Gasteiger partial charge in [-0.3, -0.25) is 0 Å². The maximum absolute atomic E-state index is 5.36. The van der Waals surface area contributed by atoms with Crippen molar-refractivity contribution in [1.82, 2.24) is 9.97 Å². The molecule has 0 aliphatic carbocycles. The Hall–Kier alpha value is -4.89. The molecular formula is C42H36IN6-. The first kappa shape index (κ1) is 28.0. The van der Waals surface area contributed by atoms with Gasteiger partial charge in [0.15, 0.2) is 0 Å². The summed E-state index contributed by atoms with van der Waals surface area (Å²) in [5.41, 5.74) is 11.4. The van der Waals surface area contributed by atoms with Crippen LogP contribution < -0.4 is 38.0 Å². The van der Waals surface area contributed by atoms with Crippen LogP contribution in [0.5, 0.6) is 0 Å². The molecule has 5 aliphatic rings. The van der Waals surface area contributed by atoms with E-state index in [0.29, 0.717) is 0 Å². The maximum atomic E-state index is 5.36. The van der Waals surface area contributed by atoms with Crippen LogP contribution >= 0.6 is 0 Å². The van der Waals surface area contributed by atoms with E-state index in [4.69, 9.17) is 9.97 Å². The SMILES string of the molecule is Cc1ccccc1-c1ncc2c(n1)N(C)C1N2c2ccccc2C2(C)C1(C)[I-]21c2ccccc2N2c3ccccc3N(c3ccccc3)C21. The van der Waals surface area contributed by atoms with E-state index in [1.54, 1.807) is 3.57 Å². The fourth-order valence-corrected chi connectivity index (χ4v) is 29.4. The summed E-state index contributed by atoms with van der Waals surface area (Å²) in [4.78, 5) is 21.0. The summed E-state index contributed by atoms with van der Waals surface area (Å²) in [5.74, 6) is 1.80. The minimum absolute atomic E-state index is 0.0373. The molecule has 5 aliphatic heterocycles. The van der Waals surface area contributed by atoms with Gasteiger partial charge in [-0.25, -0.2) is 0 Å². The molecule has 5 unspecified atom stereocenters. The first-order valence-electron chi connectivity index (χ1n) is 17.1. The van der Waals surface area contributed by atoms with Crippen molar-refractivity contribution in [1.29, 1.82) is 0 Å². The Balaban J connectivity index is 1.19. The van der Waals surface area contributed by atoms with Crippen molar-refractivity contribution in [2.45, 2.75) is 38.0 Å². The summed E-state index contributed by atoms with van der Waals surface area (Å²) in [7, 11) is 2.28. The molecule has 5 aromatic carbocycles. The average Bonchev–Trinajstić information content (AvgIpc) is 3.48. The molecule has 242 valence electrons. The van der Waals surface area contributed by atoms with Gasteiger partial charge in [0.05, 0.1) is 0 Å². The van der Waals surface area contributed by atoms with Crippen LogP contribution in [0, 0.1) is 10.5 Å². The molecule has 6 nitrogen and oxygen atoms in total. The van der Waals surface area contributed by atoms with Crippen LogP contribution in [0.25, 0.3) is 11.4 Å². The number of aromatic nitrogens is 2. The van der Waals surface area contributed by atoms with Gasteiger partial charge < -0.3 is 0 Å². The normalized spacial score (nSPS) is 29.0. The van der Waals surface area contributed by atoms with Crippen LogP contribution in [0.15, 0.2) is 134 Å². The average molecular weight is 752 g/mol. The van der Waals surface area contributed by atoms with Gasteiger partial charge in [0, 0.05) is 0 Å². The number of aryl methyl sites for hydroxylation is 1. The van der Waals surface area contributed by atoms with Gasteiger partial charge >= 0.3 is 293 Å². The van der Waals surface area contributed by atoms with E-state index < -0.39 is 18.4 Å². The summed E-state index contributed by atoms with van der Waals surface area (Å²) in [6.07, 6.45) is 2.18. The zero-order valence-electron chi connectivity index (χ0n) is 27.9. The summed E-state index contributed by atoms with van der Waals surface area (Å²) in [5, 5.41) is 0. The Morgan fingerprint density at radius 1 is 0.633 bits per heavy atom. The Labute approximate surface area is 291 Å². The molecule has 7 heteroatoms. The van der Waals surface area contributed by atoms with Crippen LogP contribution in [0.2, 0.25) is 0 Å². The molecule has 1 fully saturated rings. The van der Waals surface area contributed by atoms with Crippen molar-refractivity contribution in [3.8, 4) is 11.4 Å². The number of halogens is 1. The molecule has 49 heavy (non-hydrogen) atoms. The molecule has 0 saturated carbocycles. The van der Waals surface area contributed by atoms with E-state index in [1.165, 1.54) is 39.6 Å². The fourth-order valence-electron chi connectivity index (χ4n) is 10.1. The van der Waals surface area contributed by atoms with Gasteiger partial charge in [-0.15, -0.1) is 0 Å². The second-order valence-electron chi connectivity index (χ2n) is 14.1. The van der Waals surface area contributed by atoms with E-state index in [0.717, 1.165) is 22.9 Å². The Kier molecular flexibility index (Phi) is 5.26. The molecule has 11 rings (SSSR count). The molecule has 6 heterocycles. The second kappa shape index (κ2) is 9.21. The van der Waals surface area contributed by atoms with Gasteiger partial charge in [0.2, 0.25) is 0 Å². The number of hydrogen-bond acceptors (Lipinski definition) is 6. The van der Waals surface area contributed by atoms with E-state index in [1.807, 2.05) is 0 Å². The summed E-state index contributed by atoms with van der Waals surface area (Å²) in [6, 6.07) is 47.3. The van der Waals surface area contributed by atoms with Crippen LogP contribution in [0.1, 0.15) is 25.0 Å². The molecule has 0 amide bonds. The van der Waals surface area contributed by atoms with E-state index in [2.05, 4.69) is 181 Å². The molecule has 0 radical (unpaired) electrons. The monoisotopic (exact) mass is 751 g/mol. The van der Waals surface area contributed by atoms with Crippen molar-refractivity contribution >= 4 is 39.9 Å². The molecule has 1 aromatic heterocycles. The van der Waals surface area contributed by atoms with Crippen molar-refractivity contribution in [3.05, 3.63) is 148 Å². The number of hydrogen-bond donors (Lipinski definition) is 0. The van der Waals surface area contributed by atoms with Gasteiger partial charge in [-0.1, -0.05) is 0 Å². The second-order valence-corrected chi connectivity index (χ2v) is 24.3. The number of benzene rings is 5. The Morgan fingerprint density at radius 3 is 2.04 bits per heavy atom. The van der Waals surface area contributed by atoms with Crippen LogP contribution in [-0.4, -0.2) is 30.8 Å². The number of para-hydroxylation sites is 5. The zero-order chi connectivity index (χ0) is 32.9. The third kappa shape index (κ3) is 2.95. The van der Waals surface area contributed by atoms with E-state index >= 15 is 0 Å². The zero-order valence-corrected chi connectivity index (χ0v) is 30.1. The van der Waals surface area contributed by atoms with Gasteiger partial charge in [0.25, 0.3) is 0 Å². The topological polar surface area (TPSA) is 38.7 Å². The molecular weight excluding hydrogens is 715 g/mol. The molecule has 1 spiro atoms. The van der Waals surface area contributed by atoms with Crippen LogP contribution in [0.3, 0.4) is 0 Å². The van der Waals surface area contributed by atoms with Crippen LogP contribution in [0.4, 0.5) is 39.9 Å². The number of alkyl halides is 3. The number of fused-ring (bicyclic) bond motifs is 17. The summed E-state index contributed by atoms with van der Waals surface area (Å²) in [6.45, 7) is 7.42. The summed E-state index contributed by atoms with van der Waals surface area (Å²) >= 11 is -3.30. The quantitative estimate of drug-likeness (QED) is 0.123. The summed E-state index contributed by atoms with van der Waals surface area (Å²) < 4.78 is 1.71. The number of nitrogens with zero attached hydrogens (tertiary/aromatic N) is 6. The third-order valence-corrected chi connectivity index (χ3v) is 27.4. The van der Waals surface area contributed by atoms with Crippen LogP contribution in [-0.2, 0) is 3.42 Å². The predicted molar refractivity (Wildman–Crippen MR) is 195 cm³/mol. The van der Waals surface area contributed by atoms with E-state index in [9.17, 15) is 0 Å². The molecule has 0 bridgehead atoms. The van der Waals surface area contributed by atoms with Gasteiger partial charge in [0.1, 0.15) is 0 Å². The number of anilines is 7. The minimum atomic E-state index is -3.30. The van der Waals surface area contributed by atoms with Crippen molar-refractivity contribution < 1.29 is 18.4 Å². The first-order valence-corrected chi connectivity index (χ1v) is 21.5.